The number of carbonyl (C=O) groups is 2. The average Bonchev–Trinajstić information content (AvgIpc) is 3.26. The quantitative estimate of drug-likeness (QED) is 0.306. The number of phenols is 1. The van der Waals surface area contributed by atoms with Gasteiger partial charge in [-0.3, -0.25) is 14.5 Å². The fourth-order valence-electron chi connectivity index (χ4n) is 5.74. The topological polar surface area (TPSA) is 148 Å². The largest absolute Gasteiger partial charge is 0.508 e. The number of hydrogen-bond acceptors (Lipinski definition) is 8. The number of rotatable bonds is 4. The van der Waals surface area contributed by atoms with Crippen molar-refractivity contribution in [3.63, 3.8) is 0 Å². The molecule has 2 aromatic rings. The van der Waals surface area contributed by atoms with Crippen molar-refractivity contribution >= 4 is 41.7 Å². The predicted octanol–water partition coefficient (Wildman–Crippen LogP) is 0.310. The minimum atomic E-state index is -1.85. The minimum absolute atomic E-state index is 0.0291. The molecule has 34 heavy (non-hydrogen) atoms. The number of hydrogen-bond donors (Lipinski definition) is 5. The van der Waals surface area contributed by atoms with Gasteiger partial charge < -0.3 is 30.1 Å². The lowest BCUT2D eigenvalue weighted by Crippen LogP contribution is -2.54. The van der Waals surface area contributed by atoms with Crippen LogP contribution in [-0.2, 0) is 14.3 Å². The molecule has 5 rings (SSSR count). The Morgan fingerprint density at radius 2 is 1.88 bits per heavy atom. The number of phenolic OH excluding ortho intramolecular Hbond substituents is 1. The summed E-state index contributed by atoms with van der Waals surface area (Å²) in [6, 6.07) is 10.2. The summed E-state index contributed by atoms with van der Waals surface area (Å²) < 4.78 is 6.03. The van der Waals surface area contributed by atoms with Crippen LogP contribution in [0.25, 0.3) is 0 Å². The van der Waals surface area contributed by atoms with Crippen molar-refractivity contribution < 1.29 is 39.7 Å². The van der Waals surface area contributed by atoms with Gasteiger partial charge in [0.15, 0.2) is 5.79 Å². The molecule has 2 amide bonds. The number of halogens is 1. The third-order valence-corrected chi connectivity index (χ3v) is 7.67. The normalized spacial score (nSPS) is 32.6. The van der Waals surface area contributed by atoms with E-state index >= 15 is 0 Å². The van der Waals surface area contributed by atoms with Crippen molar-refractivity contribution in [3.05, 3.63) is 53.1 Å². The molecule has 2 aromatic carbocycles. The van der Waals surface area contributed by atoms with Crippen LogP contribution in [0.4, 0.5) is 5.69 Å². The summed E-state index contributed by atoms with van der Waals surface area (Å²) in [6.07, 6.45) is -0.477. The molecule has 1 aliphatic carbocycles. The molecule has 2 aliphatic heterocycles. The van der Waals surface area contributed by atoms with Crippen LogP contribution in [0.15, 0.2) is 42.5 Å². The number of fused-ring (bicyclic) bond motifs is 3. The fraction of sp³-hybridized carbons (Fsp3) is 0.391. The molecule has 3 aliphatic rings. The fourth-order valence-corrected chi connectivity index (χ4v) is 6.04. The number of aliphatic hydroxyl groups excluding tert-OH is 1. The number of aliphatic hydroxyl groups is 2. The average molecular weight is 488 g/mol. The van der Waals surface area contributed by atoms with Crippen molar-refractivity contribution in [2.45, 2.75) is 24.7 Å². The van der Waals surface area contributed by atoms with Crippen LogP contribution in [0.5, 0.6) is 5.75 Å². The van der Waals surface area contributed by atoms with E-state index in [1.54, 1.807) is 6.07 Å². The molecule has 11 heteroatoms. The zero-order chi connectivity index (χ0) is 24.4. The van der Waals surface area contributed by atoms with Gasteiger partial charge in [-0.1, -0.05) is 29.8 Å². The van der Waals surface area contributed by atoms with Gasteiger partial charge in [0.2, 0.25) is 11.8 Å². The highest BCUT2D eigenvalue weighted by atomic mass is 35.5. The second-order valence-electron chi connectivity index (χ2n) is 9.13. The van der Waals surface area contributed by atoms with Crippen LogP contribution >= 0.6 is 11.6 Å². The Labute approximate surface area is 200 Å². The van der Waals surface area contributed by atoms with Crippen molar-refractivity contribution in [3.8, 4) is 5.75 Å². The van der Waals surface area contributed by atoms with E-state index in [2.05, 4.69) is 0 Å². The van der Waals surface area contributed by atoms with Gasteiger partial charge in [0.05, 0.1) is 35.3 Å². The lowest BCUT2D eigenvalue weighted by atomic mass is 9.64. The Bertz CT molecular complexity index is 1160. The van der Waals surface area contributed by atoms with Gasteiger partial charge in [0.1, 0.15) is 5.75 Å². The van der Waals surface area contributed by atoms with E-state index in [0.29, 0.717) is 5.56 Å². The number of benzene rings is 2. The maximum Gasteiger partial charge on any atom is 0.488 e. The number of nitrogens with zero attached hydrogens (tertiary/aromatic N) is 1. The molecule has 3 fully saturated rings. The van der Waals surface area contributed by atoms with E-state index in [0.717, 1.165) is 4.90 Å². The predicted molar refractivity (Wildman–Crippen MR) is 121 cm³/mol. The summed E-state index contributed by atoms with van der Waals surface area (Å²) in [5, 5.41) is 50.5. The van der Waals surface area contributed by atoms with Gasteiger partial charge in [0.25, 0.3) is 0 Å². The Morgan fingerprint density at radius 3 is 2.56 bits per heavy atom. The summed E-state index contributed by atoms with van der Waals surface area (Å²) in [5.74, 6) is -6.10. The van der Waals surface area contributed by atoms with Gasteiger partial charge in [-0.15, -0.1) is 0 Å². The molecule has 1 saturated carbocycles. The number of anilines is 1. The maximum absolute atomic E-state index is 13.6. The second kappa shape index (κ2) is 8.33. The molecule has 0 aromatic heterocycles. The summed E-state index contributed by atoms with van der Waals surface area (Å²) in [7, 11) is -1.77. The van der Waals surface area contributed by atoms with Gasteiger partial charge in [-0.2, -0.15) is 0 Å². The summed E-state index contributed by atoms with van der Waals surface area (Å²) >= 11 is 6.29. The van der Waals surface area contributed by atoms with E-state index in [4.69, 9.17) is 16.3 Å². The highest BCUT2D eigenvalue weighted by Crippen LogP contribution is 2.58. The van der Waals surface area contributed by atoms with Crippen molar-refractivity contribution in [2.24, 2.45) is 23.7 Å². The molecular formula is C23H23BClNO8. The van der Waals surface area contributed by atoms with E-state index in [1.165, 1.54) is 36.4 Å². The Hall–Kier alpha value is -2.47. The van der Waals surface area contributed by atoms with E-state index in [-0.39, 0.29) is 34.8 Å². The SMILES string of the molecule is O=C1[C@H]2[C@H](C[C@H](CO)[C@@]3(O)O[C@H](c4ccc(O)cc4Cl)C[C@@H]23)C(=O)N1c1cccc(B(O)O)c1. The monoisotopic (exact) mass is 487 g/mol. The summed E-state index contributed by atoms with van der Waals surface area (Å²) in [4.78, 5) is 27.9. The molecule has 9 nitrogen and oxygen atoms in total. The van der Waals surface area contributed by atoms with Gasteiger partial charge in [0, 0.05) is 11.8 Å². The van der Waals surface area contributed by atoms with E-state index < -0.39 is 61.1 Å². The second-order valence-corrected chi connectivity index (χ2v) is 9.54. The molecule has 178 valence electrons. The molecule has 0 bridgehead atoms. The smallest absolute Gasteiger partial charge is 0.488 e. The van der Waals surface area contributed by atoms with Crippen LogP contribution in [0.1, 0.15) is 24.5 Å². The molecular weight excluding hydrogens is 465 g/mol. The number of carbonyl (C=O) groups excluding carboxylic acids is 2. The molecule has 2 saturated heterocycles. The first-order chi connectivity index (χ1) is 16.2. The lowest BCUT2D eigenvalue weighted by Gasteiger charge is -2.44. The van der Waals surface area contributed by atoms with Crippen molar-refractivity contribution in [1.82, 2.24) is 0 Å². The number of imide groups is 1. The standard InChI is InChI=1S/C23H23BClNO8/c25-18-8-14(28)4-5-15(18)19-9-17-20-16(6-11(10-27)23(17,31)34-19)21(29)26(22(20)30)13-3-1-2-12(7-13)24(32)33/h1-5,7-8,11,16-17,19-20,27-28,31-33H,6,9-10H2/t11-,16+,17+,19+,20+,23-/m1/s1. The molecule has 0 spiro atoms. The zero-order valence-electron chi connectivity index (χ0n) is 17.9. The zero-order valence-corrected chi connectivity index (χ0v) is 18.7. The Morgan fingerprint density at radius 1 is 1.12 bits per heavy atom. The first-order valence-corrected chi connectivity index (χ1v) is 11.4. The van der Waals surface area contributed by atoms with Crippen LogP contribution in [0.2, 0.25) is 5.02 Å². The molecule has 6 atom stereocenters. The highest BCUT2D eigenvalue weighted by molar-refractivity contribution is 6.58. The first kappa shape index (κ1) is 23.3. The van der Waals surface area contributed by atoms with Crippen LogP contribution < -0.4 is 10.4 Å². The van der Waals surface area contributed by atoms with Crippen molar-refractivity contribution in [1.29, 1.82) is 0 Å². The molecule has 2 heterocycles. The van der Waals surface area contributed by atoms with Crippen LogP contribution in [0.3, 0.4) is 0 Å². The van der Waals surface area contributed by atoms with E-state index in [1.807, 2.05) is 0 Å². The van der Waals surface area contributed by atoms with Crippen LogP contribution in [-0.4, -0.2) is 56.7 Å². The highest BCUT2D eigenvalue weighted by Gasteiger charge is 2.66. The van der Waals surface area contributed by atoms with Gasteiger partial charge in [-0.25, -0.2) is 0 Å². The van der Waals surface area contributed by atoms with E-state index in [9.17, 15) is 35.0 Å². The van der Waals surface area contributed by atoms with Gasteiger partial charge >= 0.3 is 7.12 Å². The third kappa shape index (κ3) is 3.45. The first-order valence-electron chi connectivity index (χ1n) is 11.0. The van der Waals surface area contributed by atoms with Crippen LogP contribution in [0, 0.1) is 23.7 Å². The van der Waals surface area contributed by atoms with Gasteiger partial charge in [-0.05, 0) is 48.1 Å². The Balaban J connectivity index is 1.52. The maximum atomic E-state index is 13.6. The number of aromatic hydroxyl groups is 1. The summed E-state index contributed by atoms with van der Waals surface area (Å²) in [5.41, 5.74) is 0.855. The summed E-state index contributed by atoms with van der Waals surface area (Å²) in [6.45, 7) is -0.445. The third-order valence-electron chi connectivity index (χ3n) is 7.34. The molecule has 5 N–H and O–H groups in total. The molecule has 0 radical (unpaired) electrons. The minimum Gasteiger partial charge on any atom is -0.508 e. The number of amides is 2. The molecule has 0 unspecified atom stereocenters. The number of ether oxygens (including phenoxy) is 1. The van der Waals surface area contributed by atoms with Crippen molar-refractivity contribution in [2.75, 3.05) is 11.5 Å². The Kier molecular flexibility index (Phi) is 5.71. The lowest BCUT2D eigenvalue weighted by molar-refractivity contribution is -0.274.